The van der Waals surface area contributed by atoms with Crippen LogP contribution in [0.2, 0.25) is 0 Å². The molecule has 2 rings (SSSR count). The Hall–Kier alpha value is -2.82. The third-order valence-electron chi connectivity index (χ3n) is 2.94. The predicted molar refractivity (Wildman–Crippen MR) is 82.8 cm³/mol. The highest BCUT2D eigenvalue weighted by Crippen LogP contribution is 2.21. The lowest BCUT2D eigenvalue weighted by molar-refractivity contribution is -0.132. The normalized spacial score (nSPS) is 10.9. The van der Waals surface area contributed by atoms with Gasteiger partial charge in [-0.1, -0.05) is 47.6 Å². The van der Waals surface area contributed by atoms with E-state index >= 15 is 0 Å². The zero-order valence-corrected chi connectivity index (χ0v) is 12.5. The van der Waals surface area contributed by atoms with Crippen molar-refractivity contribution in [3.8, 4) is 5.75 Å². The molecule has 0 heterocycles. The molecule has 0 saturated carbocycles. The first-order valence-corrected chi connectivity index (χ1v) is 6.72. The summed E-state index contributed by atoms with van der Waals surface area (Å²) in [6, 6.07) is 16.9. The summed E-state index contributed by atoms with van der Waals surface area (Å²) >= 11 is 0. The molecule has 114 valence electrons. The van der Waals surface area contributed by atoms with Gasteiger partial charge in [0.05, 0.1) is 12.7 Å². The Labute approximate surface area is 129 Å². The third-order valence-corrected chi connectivity index (χ3v) is 2.94. The molecular weight excluding hydrogens is 282 g/mol. The number of rotatable bonds is 6. The molecule has 0 aromatic heterocycles. The van der Waals surface area contributed by atoms with Crippen LogP contribution in [0.3, 0.4) is 0 Å². The number of hydrogen-bond donors (Lipinski definition) is 0. The van der Waals surface area contributed by atoms with Crippen LogP contribution in [0, 0.1) is 0 Å². The molecule has 0 aliphatic heterocycles. The van der Waals surface area contributed by atoms with E-state index < -0.39 is 5.97 Å². The second kappa shape index (κ2) is 7.83. The van der Waals surface area contributed by atoms with Crippen molar-refractivity contribution in [2.45, 2.75) is 6.61 Å². The minimum absolute atomic E-state index is 0.0636. The molecular formula is C17H17NO4. The minimum atomic E-state index is -0.586. The smallest absolute Gasteiger partial charge is 0.360 e. The monoisotopic (exact) mass is 299 g/mol. The lowest BCUT2D eigenvalue weighted by Gasteiger charge is -2.12. The Bertz CT molecular complexity index is 653. The molecule has 0 fully saturated rings. The van der Waals surface area contributed by atoms with Gasteiger partial charge >= 0.3 is 5.97 Å². The van der Waals surface area contributed by atoms with Crippen molar-refractivity contribution >= 4 is 11.7 Å². The highest BCUT2D eigenvalue weighted by molar-refractivity contribution is 6.43. The molecule has 5 nitrogen and oxygen atoms in total. The summed E-state index contributed by atoms with van der Waals surface area (Å²) < 4.78 is 10.5. The van der Waals surface area contributed by atoms with Gasteiger partial charge in [-0.05, 0) is 17.7 Å². The fourth-order valence-corrected chi connectivity index (χ4v) is 1.91. The minimum Gasteiger partial charge on any atom is -0.488 e. The Kier molecular flexibility index (Phi) is 5.54. The largest absolute Gasteiger partial charge is 0.488 e. The fraction of sp³-hybridized carbons (Fsp3) is 0.176. The van der Waals surface area contributed by atoms with Gasteiger partial charge in [0.2, 0.25) is 0 Å². The molecule has 22 heavy (non-hydrogen) atoms. The number of ether oxygens (including phenoxy) is 2. The van der Waals surface area contributed by atoms with Gasteiger partial charge in [0.1, 0.15) is 19.5 Å². The predicted octanol–water partition coefficient (Wildman–Crippen LogP) is 2.79. The maximum Gasteiger partial charge on any atom is 0.360 e. The summed E-state index contributed by atoms with van der Waals surface area (Å²) in [4.78, 5) is 16.6. The van der Waals surface area contributed by atoms with E-state index in [1.54, 1.807) is 18.2 Å². The van der Waals surface area contributed by atoms with E-state index in [1.807, 2.05) is 36.4 Å². The highest BCUT2D eigenvalue weighted by Gasteiger charge is 2.19. The van der Waals surface area contributed by atoms with Crippen LogP contribution in [0.5, 0.6) is 5.75 Å². The lowest BCUT2D eigenvalue weighted by Crippen LogP contribution is -2.18. The summed E-state index contributed by atoms with van der Waals surface area (Å²) in [5, 5.41) is 3.74. The summed E-state index contributed by atoms with van der Waals surface area (Å²) in [6.07, 6.45) is 0. The zero-order chi connectivity index (χ0) is 15.8. The quantitative estimate of drug-likeness (QED) is 0.467. The van der Waals surface area contributed by atoms with E-state index in [-0.39, 0.29) is 5.71 Å². The van der Waals surface area contributed by atoms with Gasteiger partial charge in [-0.3, -0.25) is 0 Å². The molecule has 0 aliphatic rings. The zero-order valence-electron chi connectivity index (χ0n) is 12.5. The molecule has 2 aromatic carbocycles. The van der Waals surface area contributed by atoms with Gasteiger partial charge < -0.3 is 14.3 Å². The maximum atomic E-state index is 11.8. The Morgan fingerprint density at radius 3 is 2.36 bits per heavy atom. The third kappa shape index (κ3) is 3.85. The van der Waals surface area contributed by atoms with E-state index in [9.17, 15) is 4.79 Å². The first-order chi connectivity index (χ1) is 10.8. The molecule has 0 amide bonds. The van der Waals surface area contributed by atoms with Gasteiger partial charge in [0, 0.05) is 0 Å². The first-order valence-electron chi connectivity index (χ1n) is 6.72. The van der Waals surface area contributed by atoms with Crippen LogP contribution in [-0.2, 0) is 21.0 Å². The van der Waals surface area contributed by atoms with Crippen LogP contribution in [0.4, 0.5) is 0 Å². The van der Waals surface area contributed by atoms with Crippen molar-refractivity contribution in [1.82, 2.24) is 0 Å². The van der Waals surface area contributed by atoms with Crippen LogP contribution in [-0.4, -0.2) is 25.9 Å². The second-order valence-corrected chi connectivity index (χ2v) is 4.38. The molecule has 0 bridgehead atoms. The molecule has 0 spiro atoms. The molecule has 5 heteroatoms. The van der Waals surface area contributed by atoms with Crippen molar-refractivity contribution in [2.24, 2.45) is 5.16 Å². The van der Waals surface area contributed by atoms with Gasteiger partial charge in [0.25, 0.3) is 0 Å². The number of hydrogen-bond acceptors (Lipinski definition) is 5. The van der Waals surface area contributed by atoms with Crippen molar-refractivity contribution in [2.75, 3.05) is 14.2 Å². The summed E-state index contributed by atoms with van der Waals surface area (Å²) in [7, 11) is 2.66. The lowest BCUT2D eigenvalue weighted by atomic mass is 10.1. The first kappa shape index (κ1) is 15.6. The van der Waals surface area contributed by atoms with E-state index in [0.717, 1.165) is 5.56 Å². The second-order valence-electron chi connectivity index (χ2n) is 4.38. The fourth-order valence-electron chi connectivity index (χ4n) is 1.91. The number of nitrogens with zero attached hydrogens (tertiary/aromatic N) is 1. The Morgan fingerprint density at radius 1 is 1.00 bits per heavy atom. The molecule has 0 N–H and O–H groups in total. The molecule has 0 aliphatic carbocycles. The number of carbonyl (C=O) groups is 1. The van der Waals surface area contributed by atoms with E-state index in [4.69, 9.17) is 14.3 Å². The number of carbonyl (C=O) groups excluding carboxylic acids is 1. The summed E-state index contributed by atoms with van der Waals surface area (Å²) in [5.41, 5.74) is 1.61. The number of oxime groups is 1. The standard InChI is InChI=1S/C17H17NO4/c1-20-17(19)16(18-21-2)14-10-6-7-11-15(14)22-12-13-8-4-3-5-9-13/h3-11H,12H2,1-2H3. The van der Waals surface area contributed by atoms with Gasteiger partial charge in [-0.2, -0.15) is 0 Å². The summed E-state index contributed by atoms with van der Waals surface area (Å²) in [6.45, 7) is 0.388. The highest BCUT2D eigenvalue weighted by atomic mass is 16.6. The average Bonchev–Trinajstić information content (AvgIpc) is 2.58. The van der Waals surface area contributed by atoms with E-state index in [1.165, 1.54) is 14.2 Å². The molecule has 2 aromatic rings. The van der Waals surface area contributed by atoms with Crippen molar-refractivity contribution in [1.29, 1.82) is 0 Å². The molecule has 0 radical (unpaired) electrons. The van der Waals surface area contributed by atoms with Gasteiger partial charge in [-0.15, -0.1) is 0 Å². The average molecular weight is 299 g/mol. The Morgan fingerprint density at radius 2 is 1.68 bits per heavy atom. The van der Waals surface area contributed by atoms with Crippen molar-refractivity contribution in [3.05, 3.63) is 65.7 Å². The number of benzene rings is 2. The van der Waals surface area contributed by atoms with E-state index in [0.29, 0.717) is 17.9 Å². The maximum absolute atomic E-state index is 11.8. The number of esters is 1. The van der Waals surface area contributed by atoms with Crippen LogP contribution >= 0.6 is 0 Å². The van der Waals surface area contributed by atoms with Crippen LogP contribution in [0.25, 0.3) is 0 Å². The SMILES string of the molecule is CON=C(C(=O)OC)c1ccccc1OCc1ccccc1. The van der Waals surface area contributed by atoms with Crippen molar-refractivity contribution < 1.29 is 19.1 Å². The summed E-state index contributed by atoms with van der Waals surface area (Å²) in [5.74, 6) is -0.0508. The Balaban J connectivity index is 2.26. The topological polar surface area (TPSA) is 57.1 Å². The van der Waals surface area contributed by atoms with Gasteiger partial charge in [0.15, 0.2) is 5.71 Å². The van der Waals surface area contributed by atoms with Crippen molar-refractivity contribution in [3.63, 3.8) is 0 Å². The number of para-hydroxylation sites is 1. The molecule has 0 atom stereocenters. The van der Waals surface area contributed by atoms with E-state index in [2.05, 4.69) is 5.16 Å². The van der Waals surface area contributed by atoms with Crippen LogP contribution in [0.1, 0.15) is 11.1 Å². The molecule has 0 saturated heterocycles. The van der Waals surface area contributed by atoms with Gasteiger partial charge in [-0.25, -0.2) is 4.79 Å². The van der Waals surface area contributed by atoms with Crippen LogP contribution in [0.15, 0.2) is 59.8 Å². The molecule has 0 unspecified atom stereocenters. The number of methoxy groups -OCH3 is 1. The van der Waals surface area contributed by atoms with Crippen LogP contribution < -0.4 is 4.74 Å².